The van der Waals surface area contributed by atoms with Crippen LogP contribution < -0.4 is 0 Å². The summed E-state index contributed by atoms with van der Waals surface area (Å²) >= 11 is 0. The highest BCUT2D eigenvalue weighted by atomic mass is 16.4. The van der Waals surface area contributed by atoms with Crippen molar-refractivity contribution in [2.45, 2.75) is 32.1 Å². The van der Waals surface area contributed by atoms with Gasteiger partial charge < -0.3 is 5.11 Å². The van der Waals surface area contributed by atoms with E-state index in [4.69, 9.17) is 5.11 Å². The fourth-order valence-corrected chi connectivity index (χ4v) is 1.25. The van der Waals surface area contributed by atoms with Crippen molar-refractivity contribution in [3.63, 3.8) is 0 Å². The van der Waals surface area contributed by atoms with Gasteiger partial charge in [-0.05, 0) is 19.3 Å². The average molecular weight is 152 g/mol. The first-order valence-corrected chi connectivity index (χ1v) is 3.99. The Balaban J connectivity index is 2.45. The normalized spacial score (nSPS) is 24.2. The molecule has 0 bridgehead atoms. The van der Waals surface area contributed by atoms with Crippen molar-refractivity contribution in [3.05, 3.63) is 0 Å². The van der Waals surface area contributed by atoms with Gasteiger partial charge in [0.25, 0.3) is 0 Å². The molecule has 0 aromatic carbocycles. The molecule has 0 amide bonds. The van der Waals surface area contributed by atoms with Gasteiger partial charge >= 0.3 is 5.97 Å². The Hall–Kier alpha value is -0.970. The van der Waals surface area contributed by atoms with Crippen molar-refractivity contribution < 1.29 is 9.90 Å². The SMILES string of the molecule is O=C(O)C1CCC#CCCC1. The Bertz CT molecular complexity index is 197. The Morgan fingerprint density at radius 2 is 2.00 bits per heavy atom. The summed E-state index contributed by atoms with van der Waals surface area (Å²) in [6.45, 7) is 0. The zero-order valence-corrected chi connectivity index (χ0v) is 6.47. The van der Waals surface area contributed by atoms with E-state index in [0.29, 0.717) is 0 Å². The number of aliphatic carboxylic acids is 1. The Labute approximate surface area is 66.6 Å². The molecule has 2 heteroatoms. The maximum Gasteiger partial charge on any atom is 0.306 e. The zero-order chi connectivity index (χ0) is 8.10. The molecule has 2 nitrogen and oxygen atoms in total. The van der Waals surface area contributed by atoms with Crippen LogP contribution in [0.25, 0.3) is 0 Å². The minimum absolute atomic E-state index is 0.149. The van der Waals surface area contributed by atoms with Crippen molar-refractivity contribution in [2.75, 3.05) is 0 Å². The van der Waals surface area contributed by atoms with E-state index in [-0.39, 0.29) is 5.92 Å². The minimum atomic E-state index is -0.659. The second-order valence-corrected chi connectivity index (χ2v) is 2.82. The van der Waals surface area contributed by atoms with Crippen molar-refractivity contribution >= 4 is 5.97 Å². The summed E-state index contributed by atoms with van der Waals surface area (Å²) < 4.78 is 0. The van der Waals surface area contributed by atoms with Gasteiger partial charge in [-0.15, -0.1) is 11.8 Å². The number of carbonyl (C=O) groups is 1. The summed E-state index contributed by atoms with van der Waals surface area (Å²) in [6, 6.07) is 0. The molecule has 0 radical (unpaired) electrons. The second-order valence-electron chi connectivity index (χ2n) is 2.82. The molecule has 1 N–H and O–H groups in total. The second kappa shape index (κ2) is 4.02. The molecule has 0 fully saturated rings. The predicted molar refractivity (Wildman–Crippen MR) is 42.0 cm³/mol. The molecule has 1 aliphatic carbocycles. The highest BCUT2D eigenvalue weighted by molar-refractivity contribution is 5.69. The van der Waals surface area contributed by atoms with Crippen LogP contribution in [-0.2, 0) is 4.79 Å². The molecule has 0 aromatic rings. The van der Waals surface area contributed by atoms with Crippen LogP contribution in [0.4, 0.5) is 0 Å². The largest absolute Gasteiger partial charge is 0.481 e. The summed E-state index contributed by atoms with van der Waals surface area (Å²) in [5.41, 5.74) is 0. The van der Waals surface area contributed by atoms with Crippen LogP contribution >= 0.6 is 0 Å². The Morgan fingerprint density at radius 3 is 2.73 bits per heavy atom. The maximum absolute atomic E-state index is 10.6. The highest BCUT2D eigenvalue weighted by Crippen LogP contribution is 2.16. The summed E-state index contributed by atoms with van der Waals surface area (Å²) in [5, 5.41) is 8.71. The minimum Gasteiger partial charge on any atom is -0.481 e. The first-order chi connectivity index (χ1) is 5.30. The molecule has 60 valence electrons. The van der Waals surface area contributed by atoms with Crippen LogP contribution in [0.2, 0.25) is 0 Å². The van der Waals surface area contributed by atoms with Crippen LogP contribution in [0.3, 0.4) is 0 Å². The lowest BCUT2D eigenvalue weighted by molar-refractivity contribution is -0.142. The molecule has 0 aromatic heterocycles. The average Bonchev–Trinajstić information content (AvgIpc) is 1.84. The van der Waals surface area contributed by atoms with E-state index in [9.17, 15) is 4.79 Å². The van der Waals surface area contributed by atoms with E-state index in [0.717, 1.165) is 32.1 Å². The molecule has 1 atom stereocenters. The molecule has 1 aliphatic rings. The van der Waals surface area contributed by atoms with E-state index in [2.05, 4.69) is 11.8 Å². The van der Waals surface area contributed by atoms with Gasteiger partial charge in [0.15, 0.2) is 0 Å². The fourth-order valence-electron chi connectivity index (χ4n) is 1.25. The van der Waals surface area contributed by atoms with Crippen molar-refractivity contribution in [1.82, 2.24) is 0 Å². The standard InChI is InChI=1S/C9H12O2/c10-9(11)8-6-4-2-1-3-5-7-8/h8H,2,4-7H2,(H,10,11). The van der Waals surface area contributed by atoms with Gasteiger partial charge in [-0.2, -0.15) is 0 Å². The third kappa shape index (κ3) is 2.63. The smallest absolute Gasteiger partial charge is 0.306 e. The Morgan fingerprint density at radius 1 is 1.27 bits per heavy atom. The zero-order valence-electron chi connectivity index (χ0n) is 6.47. The van der Waals surface area contributed by atoms with Crippen LogP contribution in [0.1, 0.15) is 32.1 Å². The summed E-state index contributed by atoms with van der Waals surface area (Å²) in [6.07, 6.45) is 4.07. The van der Waals surface area contributed by atoms with Crippen LogP contribution in [0.15, 0.2) is 0 Å². The van der Waals surface area contributed by atoms with Crippen LogP contribution in [0, 0.1) is 17.8 Å². The van der Waals surface area contributed by atoms with Gasteiger partial charge in [-0.1, -0.05) is 0 Å². The van der Waals surface area contributed by atoms with Gasteiger partial charge in [-0.3, -0.25) is 4.79 Å². The summed E-state index contributed by atoms with van der Waals surface area (Å²) in [5.74, 6) is 5.16. The number of carboxylic acids is 1. The number of hydrogen-bond donors (Lipinski definition) is 1. The summed E-state index contributed by atoms with van der Waals surface area (Å²) in [7, 11) is 0. The third-order valence-corrected chi connectivity index (χ3v) is 1.95. The maximum atomic E-state index is 10.6. The van der Waals surface area contributed by atoms with E-state index >= 15 is 0 Å². The third-order valence-electron chi connectivity index (χ3n) is 1.95. The summed E-state index contributed by atoms with van der Waals surface area (Å²) in [4.78, 5) is 10.6. The van der Waals surface area contributed by atoms with Crippen molar-refractivity contribution in [3.8, 4) is 11.8 Å². The lowest BCUT2D eigenvalue weighted by Crippen LogP contribution is -2.13. The number of carboxylic acid groups (broad SMARTS) is 1. The molecule has 11 heavy (non-hydrogen) atoms. The van der Waals surface area contributed by atoms with Gasteiger partial charge in [0, 0.05) is 12.8 Å². The predicted octanol–water partition coefficient (Wildman–Crippen LogP) is 1.65. The molecule has 0 spiro atoms. The molecule has 1 rings (SSSR count). The molecule has 1 unspecified atom stereocenters. The van der Waals surface area contributed by atoms with Gasteiger partial charge in [0.05, 0.1) is 5.92 Å². The molecule has 0 saturated carbocycles. The topological polar surface area (TPSA) is 37.3 Å². The van der Waals surface area contributed by atoms with E-state index < -0.39 is 5.97 Å². The van der Waals surface area contributed by atoms with Crippen LogP contribution in [-0.4, -0.2) is 11.1 Å². The highest BCUT2D eigenvalue weighted by Gasteiger charge is 2.16. The number of rotatable bonds is 1. The number of hydrogen-bond acceptors (Lipinski definition) is 1. The lowest BCUT2D eigenvalue weighted by Gasteiger charge is -2.10. The molecule has 0 aliphatic heterocycles. The van der Waals surface area contributed by atoms with Crippen molar-refractivity contribution in [2.24, 2.45) is 5.92 Å². The first-order valence-electron chi connectivity index (χ1n) is 3.99. The fraction of sp³-hybridized carbons (Fsp3) is 0.667. The van der Waals surface area contributed by atoms with E-state index in [1.165, 1.54) is 0 Å². The Kier molecular flexibility index (Phi) is 2.97. The molecular weight excluding hydrogens is 140 g/mol. The molecular formula is C9H12O2. The van der Waals surface area contributed by atoms with Crippen molar-refractivity contribution in [1.29, 1.82) is 0 Å². The molecule has 0 heterocycles. The first kappa shape index (κ1) is 8.13. The van der Waals surface area contributed by atoms with E-state index in [1.54, 1.807) is 0 Å². The van der Waals surface area contributed by atoms with Gasteiger partial charge in [0.2, 0.25) is 0 Å². The lowest BCUT2D eigenvalue weighted by atomic mass is 9.95. The van der Waals surface area contributed by atoms with Crippen LogP contribution in [0.5, 0.6) is 0 Å². The monoisotopic (exact) mass is 152 g/mol. The van der Waals surface area contributed by atoms with Gasteiger partial charge in [0.1, 0.15) is 0 Å². The quantitative estimate of drug-likeness (QED) is 0.580. The molecule has 0 saturated heterocycles. The van der Waals surface area contributed by atoms with Gasteiger partial charge in [-0.25, -0.2) is 0 Å². The van der Waals surface area contributed by atoms with E-state index in [1.807, 2.05) is 0 Å².